The Morgan fingerprint density at radius 1 is 0.962 bits per heavy atom. The van der Waals surface area contributed by atoms with Gasteiger partial charge in [-0.2, -0.15) is 0 Å². The molecule has 1 unspecified atom stereocenters. The highest BCUT2D eigenvalue weighted by Crippen LogP contribution is 2.19. The van der Waals surface area contributed by atoms with E-state index in [1.54, 1.807) is 6.08 Å². The van der Waals surface area contributed by atoms with E-state index in [4.69, 9.17) is 12.2 Å². The predicted octanol–water partition coefficient (Wildman–Crippen LogP) is 4.60. The topological polar surface area (TPSA) is 41.1 Å². The molecule has 0 bridgehead atoms. The van der Waals surface area contributed by atoms with Gasteiger partial charge in [0, 0.05) is 6.08 Å². The number of fused-ring (bicyclic) bond motifs is 1. The van der Waals surface area contributed by atoms with Crippen LogP contribution in [-0.2, 0) is 4.79 Å². The Balaban J connectivity index is 1.61. The Hall–Kier alpha value is -2.98. The van der Waals surface area contributed by atoms with E-state index >= 15 is 0 Å². The van der Waals surface area contributed by atoms with Crippen molar-refractivity contribution >= 4 is 40.1 Å². The molecule has 0 saturated carbocycles. The first-order chi connectivity index (χ1) is 12.6. The van der Waals surface area contributed by atoms with Gasteiger partial charge in [-0.05, 0) is 47.1 Å². The summed E-state index contributed by atoms with van der Waals surface area (Å²) in [6, 6.07) is 24.1. The lowest BCUT2D eigenvalue weighted by Gasteiger charge is -2.16. The van der Waals surface area contributed by atoms with Crippen LogP contribution in [0.5, 0.6) is 0 Å². The van der Waals surface area contributed by atoms with Crippen molar-refractivity contribution in [2.75, 3.05) is 0 Å². The third-order valence-electron chi connectivity index (χ3n) is 4.12. The summed E-state index contributed by atoms with van der Waals surface area (Å²) in [5.74, 6) is -0.254. The minimum atomic E-state index is -0.254. The molecule has 0 fully saturated rings. The first-order valence-electron chi connectivity index (χ1n) is 8.46. The summed E-state index contributed by atoms with van der Waals surface area (Å²) >= 11 is 5.24. The molecule has 0 spiro atoms. The van der Waals surface area contributed by atoms with Crippen molar-refractivity contribution in [2.45, 2.75) is 13.0 Å². The van der Waals surface area contributed by atoms with E-state index < -0.39 is 0 Å². The molecular formula is C22H20N2OS. The summed E-state index contributed by atoms with van der Waals surface area (Å²) < 4.78 is 0. The summed E-state index contributed by atoms with van der Waals surface area (Å²) in [5, 5.41) is 8.38. The fraction of sp³-hybridized carbons (Fsp3) is 0.0909. The molecule has 1 atom stereocenters. The first kappa shape index (κ1) is 17.8. The van der Waals surface area contributed by atoms with Gasteiger partial charge in [-0.15, -0.1) is 0 Å². The van der Waals surface area contributed by atoms with Crippen LogP contribution < -0.4 is 10.6 Å². The quantitative estimate of drug-likeness (QED) is 0.527. The maximum Gasteiger partial charge on any atom is 0.250 e. The molecule has 0 aliphatic rings. The Morgan fingerprint density at radius 3 is 2.46 bits per heavy atom. The maximum absolute atomic E-state index is 12.2. The monoisotopic (exact) mass is 360 g/mol. The Morgan fingerprint density at radius 2 is 1.65 bits per heavy atom. The lowest BCUT2D eigenvalue weighted by atomic mass is 10.0. The van der Waals surface area contributed by atoms with E-state index in [2.05, 4.69) is 22.8 Å². The number of carbonyl (C=O) groups is 1. The standard InChI is InChI=1S/C22H20N2OS/c1-16(17-8-3-2-4-9-17)23-22(26)24-21(25)15-14-19-12-7-11-18-10-5-6-13-20(18)19/h2-16H,1H3,(H2,23,24,25,26)/b15-14+. The van der Waals surface area contributed by atoms with Gasteiger partial charge in [0.05, 0.1) is 6.04 Å². The smallest absolute Gasteiger partial charge is 0.250 e. The third kappa shape index (κ3) is 4.55. The molecule has 3 aromatic rings. The van der Waals surface area contributed by atoms with Gasteiger partial charge in [0.25, 0.3) is 0 Å². The van der Waals surface area contributed by atoms with Gasteiger partial charge in [0.15, 0.2) is 5.11 Å². The van der Waals surface area contributed by atoms with Crippen molar-refractivity contribution in [3.05, 3.63) is 90.0 Å². The second-order valence-corrected chi connectivity index (χ2v) is 6.41. The average molecular weight is 360 g/mol. The zero-order valence-electron chi connectivity index (χ0n) is 14.5. The molecule has 0 aliphatic carbocycles. The largest absolute Gasteiger partial charge is 0.356 e. The summed E-state index contributed by atoms with van der Waals surface area (Å²) in [5.41, 5.74) is 2.10. The second-order valence-electron chi connectivity index (χ2n) is 6.00. The molecular weight excluding hydrogens is 340 g/mol. The minimum Gasteiger partial charge on any atom is -0.356 e. The average Bonchev–Trinajstić information content (AvgIpc) is 2.67. The molecule has 1 amide bonds. The lowest BCUT2D eigenvalue weighted by Crippen LogP contribution is -2.39. The predicted molar refractivity (Wildman–Crippen MR) is 112 cm³/mol. The molecule has 0 aromatic heterocycles. The summed E-state index contributed by atoms with van der Waals surface area (Å²) in [7, 11) is 0. The van der Waals surface area contributed by atoms with E-state index in [-0.39, 0.29) is 11.9 Å². The summed E-state index contributed by atoms with van der Waals surface area (Å²) in [4.78, 5) is 12.2. The van der Waals surface area contributed by atoms with Gasteiger partial charge in [-0.25, -0.2) is 0 Å². The molecule has 3 nitrogen and oxygen atoms in total. The zero-order valence-corrected chi connectivity index (χ0v) is 15.3. The molecule has 0 heterocycles. The van der Waals surface area contributed by atoms with E-state index in [0.29, 0.717) is 5.11 Å². The highest BCUT2D eigenvalue weighted by Gasteiger charge is 2.07. The SMILES string of the molecule is CC(NC(=S)NC(=O)/C=C/c1cccc2ccccc12)c1ccccc1. The Bertz CT molecular complexity index is 945. The van der Waals surface area contributed by atoms with E-state index in [9.17, 15) is 4.79 Å². The number of rotatable bonds is 4. The number of amides is 1. The summed E-state index contributed by atoms with van der Waals surface area (Å²) in [6.45, 7) is 2.00. The minimum absolute atomic E-state index is 0.0195. The van der Waals surface area contributed by atoms with Gasteiger partial charge in [0.1, 0.15) is 0 Å². The van der Waals surface area contributed by atoms with E-state index in [1.807, 2.05) is 67.6 Å². The fourth-order valence-electron chi connectivity index (χ4n) is 2.77. The number of nitrogens with one attached hydrogen (secondary N) is 2. The highest BCUT2D eigenvalue weighted by atomic mass is 32.1. The van der Waals surface area contributed by atoms with Gasteiger partial charge in [-0.3, -0.25) is 10.1 Å². The third-order valence-corrected chi connectivity index (χ3v) is 4.34. The van der Waals surface area contributed by atoms with Crippen LogP contribution in [0.15, 0.2) is 78.9 Å². The van der Waals surface area contributed by atoms with Gasteiger partial charge in [0.2, 0.25) is 5.91 Å². The van der Waals surface area contributed by atoms with Gasteiger partial charge in [-0.1, -0.05) is 72.8 Å². The van der Waals surface area contributed by atoms with Crippen LogP contribution in [0.2, 0.25) is 0 Å². The maximum atomic E-state index is 12.2. The number of carbonyl (C=O) groups excluding carboxylic acids is 1. The molecule has 0 saturated heterocycles. The number of hydrogen-bond donors (Lipinski definition) is 2. The highest BCUT2D eigenvalue weighted by molar-refractivity contribution is 7.80. The molecule has 3 aromatic carbocycles. The van der Waals surface area contributed by atoms with Crippen molar-refractivity contribution in [2.24, 2.45) is 0 Å². The first-order valence-corrected chi connectivity index (χ1v) is 8.86. The van der Waals surface area contributed by atoms with Crippen LogP contribution in [0, 0.1) is 0 Å². The van der Waals surface area contributed by atoms with Crippen LogP contribution >= 0.6 is 12.2 Å². The van der Waals surface area contributed by atoms with Crippen LogP contribution in [-0.4, -0.2) is 11.0 Å². The van der Waals surface area contributed by atoms with Crippen molar-refractivity contribution in [3.63, 3.8) is 0 Å². The molecule has 0 radical (unpaired) electrons. The zero-order chi connectivity index (χ0) is 18.4. The molecule has 3 rings (SSSR count). The molecule has 4 heteroatoms. The molecule has 130 valence electrons. The van der Waals surface area contributed by atoms with Crippen LogP contribution in [0.4, 0.5) is 0 Å². The van der Waals surface area contributed by atoms with Crippen LogP contribution in [0.25, 0.3) is 16.8 Å². The van der Waals surface area contributed by atoms with Crippen LogP contribution in [0.1, 0.15) is 24.1 Å². The molecule has 0 aliphatic heterocycles. The lowest BCUT2D eigenvalue weighted by molar-refractivity contribution is -0.115. The molecule has 26 heavy (non-hydrogen) atoms. The second kappa shape index (κ2) is 8.41. The normalized spacial score (nSPS) is 12.0. The van der Waals surface area contributed by atoms with Gasteiger partial charge < -0.3 is 5.32 Å². The molecule has 2 N–H and O–H groups in total. The number of thiocarbonyl (C=S) groups is 1. The Labute approximate surface area is 158 Å². The van der Waals surface area contributed by atoms with E-state index in [1.165, 1.54) is 6.08 Å². The van der Waals surface area contributed by atoms with Crippen LogP contribution in [0.3, 0.4) is 0 Å². The van der Waals surface area contributed by atoms with Crippen molar-refractivity contribution in [1.29, 1.82) is 0 Å². The number of benzene rings is 3. The number of hydrogen-bond acceptors (Lipinski definition) is 2. The van der Waals surface area contributed by atoms with Crippen molar-refractivity contribution < 1.29 is 4.79 Å². The van der Waals surface area contributed by atoms with Gasteiger partial charge >= 0.3 is 0 Å². The van der Waals surface area contributed by atoms with Crippen molar-refractivity contribution in [3.8, 4) is 0 Å². The fourth-order valence-corrected chi connectivity index (χ4v) is 3.05. The Kier molecular flexibility index (Phi) is 5.77. The van der Waals surface area contributed by atoms with E-state index in [0.717, 1.165) is 21.9 Å². The summed E-state index contributed by atoms with van der Waals surface area (Å²) in [6.07, 6.45) is 3.31. The van der Waals surface area contributed by atoms with Crippen molar-refractivity contribution in [1.82, 2.24) is 10.6 Å².